The number of benzene rings is 1. The summed E-state index contributed by atoms with van der Waals surface area (Å²) in [5, 5.41) is 0. The maximum atomic E-state index is 5.88. The van der Waals surface area contributed by atoms with Gasteiger partial charge in [-0.05, 0) is 30.5 Å². The smallest absolute Gasteiger partial charge is 0.134 e. The Morgan fingerprint density at radius 1 is 1.33 bits per heavy atom. The minimum Gasteiger partial charge on any atom is -0.495 e. The van der Waals surface area contributed by atoms with Crippen LogP contribution >= 0.6 is 0 Å². The number of nitrogens with zero attached hydrogens (tertiary/aromatic N) is 1. The third kappa shape index (κ3) is 3.38. The summed E-state index contributed by atoms with van der Waals surface area (Å²) < 4.78 is 11.2. The fourth-order valence-corrected chi connectivity index (χ4v) is 3.18. The lowest BCUT2D eigenvalue weighted by Gasteiger charge is -2.32. The molecule has 2 aliphatic rings. The highest BCUT2D eigenvalue weighted by molar-refractivity contribution is 5.48. The van der Waals surface area contributed by atoms with Gasteiger partial charge in [-0.3, -0.25) is 4.90 Å². The second kappa shape index (κ2) is 6.48. The zero-order chi connectivity index (χ0) is 14.7. The number of hydrogen-bond acceptors (Lipinski definition) is 4. The molecule has 2 heterocycles. The number of hydrogen-bond donors (Lipinski definition) is 1. The fourth-order valence-electron chi connectivity index (χ4n) is 3.18. The van der Waals surface area contributed by atoms with E-state index in [1.54, 1.807) is 7.11 Å². The normalized spacial score (nSPS) is 24.5. The Morgan fingerprint density at radius 3 is 2.76 bits per heavy atom. The van der Waals surface area contributed by atoms with Gasteiger partial charge in [-0.1, -0.05) is 17.9 Å². The van der Waals surface area contributed by atoms with Gasteiger partial charge < -0.3 is 15.2 Å². The number of rotatable bonds is 3. The molecule has 0 aliphatic carbocycles. The van der Waals surface area contributed by atoms with Gasteiger partial charge in [-0.2, -0.15) is 0 Å². The van der Waals surface area contributed by atoms with Crippen molar-refractivity contribution in [1.82, 2.24) is 4.90 Å². The monoisotopic (exact) mass is 286 g/mol. The maximum absolute atomic E-state index is 5.88. The third-order valence-corrected chi connectivity index (χ3v) is 4.11. The van der Waals surface area contributed by atoms with Crippen LogP contribution in [0.15, 0.2) is 18.2 Å². The molecule has 0 amide bonds. The van der Waals surface area contributed by atoms with Crippen molar-refractivity contribution in [1.29, 1.82) is 0 Å². The van der Waals surface area contributed by atoms with Gasteiger partial charge in [-0.15, -0.1) is 0 Å². The SMILES string of the molecule is COc1ccc(CN2CC3CCC(C2)O3)cc1C#CCN. The molecule has 4 heteroatoms. The average Bonchev–Trinajstić information content (AvgIpc) is 2.84. The van der Waals surface area contributed by atoms with Crippen LogP contribution in [0, 0.1) is 11.8 Å². The van der Waals surface area contributed by atoms with Gasteiger partial charge in [0, 0.05) is 19.6 Å². The van der Waals surface area contributed by atoms with E-state index in [-0.39, 0.29) is 0 Å². The van der Waals surface area contributed by atoms with Crippen LogP contribution in [0.1, 0.15) is 24.0 Å². The first-order chi connectivity index (χ1) is 10.3. The Kier molecular flexibility index (Phi) is 4.45. The van der Waals surface area contributed by atoms with Gasteiger partial charge >= 0.3 is 0 Å². The molecule has 0 radical (unpaired) electrons. The summed E-state index contributed by atoms with van der Waals surface area (Å²) in [5.41, 5.74) is 7.63. The number of fused-ring (bicyclic) bond motifs is 2. The summed E-state index contributed by atoms with van der Waals surface area (Å²) in [7, 11) is 1.67. The first-order valence-electron chi connectivity index (χ1n) is 7.52. The fraction of sp³-hybridized carbons (Fsp3) is 0.529. The van der Waals surface area contributed by atoms with Crippen LogP contribution in [-0.2, 0) is 11.3 Å². The lowest BCUT2D eigenvalue weighted by molar-refractivity contribution is -0.0410. The summed E-state index contributed by atoms with van der Waals surface area (Å²) in [5.74, 6) is 6.79. The van der Waals surface area contributed by atoms with Crippen LogP contribution in [0.4, 0.5) is 0 Å². The zero-order valence-corrected chi connectivity index (χ0v) is 12.5. The van der Waals surface area contributed by atoms with Crippen LogP contribution in [0.25, 0.3) is 0 Å². The highest BCUT2D eigenvalue weighted by Crippen LogP contribution is 2.28. The summed E-state index contributed by atoms with van der Waals surface area (Å²) in [6, 6.07) is 6.22. The van der Waals surface area contributed by atoms with Crippen LogP contribution in [0.3, 0.4) is 0 Å². The number of ether oxygens (including phenoxy) is 2. The predicted octanol–water partition coefficient (Wildman–Crippen LogP) is 1.37. The Hall–Kier alpha value is -1.54. The van der Waals surface area contributed by atoms with Crippen LogP contribution in [0.2, 0.25) is 0 Å². The van der Waals surface area contributed by atoms with Crippen molar-refractivity contribution >= 4 is 0 Å². The summed E-state index contributed by atoms with van der Waals surface area (Å²) in [6.45, 7) is 3.37. The summed E-state index contributed by atoms with van der Waals surface area (Å²) in [6.07, 6.45) is 3.27. The maximum Gasteiger partial charge on any atom is 0.134 e. The number of morpholine rings is 1. The van der Waals surface area contributed by atoms with E-state index in [0.717, 1.165) is 30.9 Å². The van der Waals surface area contributed by atoms with Crippen molar-refractivity contribution in [2.75, 3.05) is 26.7 Å². The topological polar surface area (TPSA) is 47.7 Å². The van der Waals surface area contributed by atoms with Gasteiger partial charge in [0.25, 0.3) is 0 Å². The van der Waals surface area contributed by atoms with E-state index in [2.05, 4.69) is 28.9 Å². The highest BCUT2D eigenvalue weighted by Gasteiger charge is 2.33. The lowest BCUT2D eigenvalue weighted by atomic mass is 10.1. The van der Waals surface area contributed by atoms with E-state index < -0.39 is 0 Å². The van der Waals surface area contributed by atoms with Crippen LogP contribution < -0.4 is 10.5 Å². The molecule has 0 saturated carbocycles. The van der Waals surface area contributed by atoms with E-state index in [1.165, 1.54) is 18.4 Å². The molecule has 112 valence electrons. The molecule has 2 aliphatic heterocycles. The molecular weight excluding hydrogens is 264 g/mol. The van der Waals surface area contributed by atoms with Crippen molar-refractivity contribution < 1.29 is 9.47 Å². The molecule has 1 aromatic rings. The summed E-state index contributed by atoms with van der Waals surface area (Å²) >= 11 is 0. The Labute approximate surface area is 126 Å². The molecule has 2 atom stereocenters. The molecule has 2 fully saturated rings. The van der Waals surface area contributed by atoms with Crippen molar-refractivity contribution in [3.05, 3.63) is 29.3 Å². The number of methoxy groups -OCH3 is 1. The molecule has 4 nitrogen and oxygen atoms in total. The molecule has 0 spiro atoms. The molecule has 2 saturated heterocycles. The van der Waals surface area contributed by atoms with E-state index in [1.807, 2.05) is 6.07 Å². The standard InChI is InChI=1S/C17H22N2O2/c1-20-17-7-4-13(9-14(17)3-2-8-18)10-19-11-15-5-6-16(12-19)21-15/h4,7,9,15-16H,5-6,8,10-12,18H2,1H3. The predicted molar refractivity (Wildman–Crippen MR) is 82.1 cm³/mol. The molecule has 3 rings (SSSR count). The van der Waals surface area contributed by atoms with E-state index >= 15 is 0 Å². The summed E-state index contributed by atoms with van der Waals surface area (Å²) in [4.78, 5) is 2.48. The Morgan fingerprint density at radius 2 is 2.10 bits per heavy atom. The van der Waals surface area contributed by atoms with Crippen molar-refractivity contribution in [3.8, 4) is 17.6 Å². The van der Waals surface area contributed by atoms with Gasteiger partial charge in [0.1, 0.15) is 5.75 Å². The molecule has 21 heavy (non-hydrogen) atoms. The first kappa shape index (κ1) is 14.4. The van der Waals surface area contributed by atoms with E-state index in [0.29, 0.717) is 18.8 Å². The average molecular weight is 286 g/mol. The quantitative estimate of drug-likeness (QED) is 0.853. The molecule has 2 N–H and O–H groups in total. The molecule has 0 aromatic heterocycles. The number of likely N-dealkylation sites (tertiary alicyclic amines) is 1. The van der Waals surface area contributed by atoms with Gasteiger partial charge in [0.15, 0.2) is 0 Å². The van der Waals surface area contributed by atoms with Crippen LogP contribution in [0.5, 0.6) is 5.75 Å². The minimum atomic E-state index is 0.361. The number of nitrogens with two attached hydrogens (primary N) is 1. The second-order valence-corrected chi connectivity index (χ2v) is 5.69. The van der Waals surface area contributed by atoms with Gasteiger partial charge in [-0.25, -0.2) is 0 Å². The van der Waals surface area contributed by atoms with E-state index in [4.69, 9.17) is 15.2 Å². The van der Waals surface area contributed by atoms with Crippen molar-refractivity contribution in [2.24, 2.45) is 5.73 Å². The molecular formula is C17H22N2O2. The molecule has 2 bridgehead atoms. The zero-order valence-electron chi connectivity index (χ0n) is 12.5. The van der Waals surface area contributed by atoms with Crippen LogP contribution in [-0.4, -0.2) is 43.9 Å². The Balaban J connectivity index is 1.73. The third-order valence-electron chi connectivity index (χ3n) is 4.11. The van der Waals surface area contributed by atoms with Crippen molar-refractivity contribution in [3.63, 3.8) is 0 Å². The molecule has 2 unspecified atom stereocenters. The van der Waals surface area contributed by atoms with Gasteiger partial charge in [0.05, 0.1) is 31.4 Å². The largest absolute Gasteiger partial charge is 0.495 e. The first-order valence-corrected chi connectivity index (χ1v) is 7.52. The van der Waals surface area contributed by atoms with Gasteiger partial charge in [0.2, 0.25) is 0 Å². The Bertz CT molecular complexity index is 550. The van der Waals surface area contributed by atoms with Crippen molar-refractivity contribution in [2.45, 2.75) is 31.6 Å². The van der Waals surface area contributed by atoms with E-state index in [9.17, 15) is 0 Å². The highest BCUT2D eigenvalue weighted by atomic mass is 16.5. The molecule has 1 aromatic carbocycles. The minimum absolute atomic E-state index is 0.361. The second-order valence-electron chi connectivity index (χ2n) is 5.69. The lowest BCUT2D eigenvalue weighted by Crippen LogP contribution is -2.41.